The number of nitrogens with zero attached hydrogens (tertiary/aromatic N) is 2. The largest absolute Gasteiger partial charge is 0.387 e. The number of carbonyl (C=O) groups is 1. The lowest BCUT2D eigenvalue weighted by Crippen LogP contribution is -2.27. The number of amides is 1. The molecule has 19 heavy (non-hydrogen) atoms. The summed E-state index contributed by atoms with van der Waals surface area (Å²) in [6.45, 7) is 3.91. The summed E-state index contributed by atoms with van der Waals surface area (Å²) in [5, 5.41) is 6.75. The van der Waals surface area contributed by atoms with Crippen LogP contribution in [0.2, 0.25) is 0 Å². The highest BCUT2D eigenvalue weighted by atomic mass is 32.1. The van der Waals surface area contributed by atoms with Crippen LogP contribution < -0.4 is 10.6 Å². The van der Waals surface area contributed by atoms with Crippen LogP contribution in [0.5, 0.6) is 0 Å². The van der Waals surface area contributed by atoms with E-state index in [2.05, 4.69) is 20.6 Å². The third-order valence-corrected chi connectivity index (χ3v) is 3.74. The lowest BCUT2D eigenvalue weighted by atomic mass is 10.3. The summed E-state index contributed by atoms with van der Waals surface area (Å²) in [4.78, 5) is 21.5. The monoisotopic (exact) mass is 276 g/mol. The molecule has 100 valence electrons. The van der Waals surface area contributed by atoms with Gasteiger partial charge in [0.2, 0.25) is 0 Å². The molecule has 5 nitrogen and oxygen atoms in total. The van der Waals surface area contributed by atoms with Gasteiger partial charge in [-0.3, -0.25) is 4.79 Å². The van der Waals surface area contributed by atoms with Crippen LogP contribution >= 0.6 is 11.3 Å². The number of hydrogen-bond acceptors (Lipinski definition) is 5. The molecule has 0 aliphatic rings. The molecule has 0 aromatic carbocycles. The summed E-state index contributed by atoms with van der Waals surface area (Å²) in [5.74, 6) is -0.192. The van der Waals surface area contributed by atoms with E-state index >= 15 is 0 Å². The number of carbonyl (C=O) groups excluding carboxylic acids is 1. The Morgan fingerprint density at radius 3 is 2.63 bits per heavy atom. The van der Waals surface area contributed by atoms with E-state index in [1.54, 1.807) is 23.6 Å². The van der Waals surface area contributed by atoms with Gasteiger partial charge in [0.1, 0.15) is 10.7 Å². The van der Waals surface area contributed by atoms with E-state index in [-0.39, 0.29) is 11.9 Å². The first-order chi connectivity index (χ1) is 9.10. The van der Waals surface area contributed by atoms with E-state index in [4.69, 9.17) is 0 Å². The second kappa shape index (κ2) is 5.79. The minimum Gasteiger partial charge on any atom is -0.387 e. The Balaban J connectivity index is 2.03. The molecule has 1 unspecified atom stereocenters. The molecule has 0 aliphatic carbocycles. The van der Waals surface area contributed by atoms with Gasteiger partial charge in [-0.25, -0.2) is 9.97 Å². The zero-order chi connectivity index (χ0) is 13.8. The Morgan fingerprint density at radius 2 is 2.11 bits per heavy atom. The maximum absolute atomic E-state index is 12.0. The second-order valence-corrected chi connectivity index (χ2v) is 5.45. The topological polar surface area (TPSA) is 66.9 Å². The summed E-state index contributed by atoms with van der Waals surface area (Å²) < 4.78 is 0. The van der Waals surface area contributed by atoms with E-state index in [1.807, 2.05) is 33.2 Å². The average molecular weight is 276 g/mol. The first-order valence-corrected chi connectivity index (χ1v) is 6.79. The minimum absolute atomic E-state index is 0.114. The van der Waals surface area contributed by atoms with Crippen molar-refractivity contribution in [2.75, 3.05) is 12.4 Å². The van der Waals surface area contributed by atoms with E-state index in [9.17, 15) is 4.79 Å². The summed E-state index contributed by atoms with van der Waals surface area (Å²) >= 11 is 1.58. The van der Waals surface area contributed by atoms with Crippen LogP contribution in [0.4, 0.5) is 5.69 Å². The summed E-state index contributed by atoms with van der Waals surface area (Å²) in [7, 11) is 1.81. The summed E-state index contributed by atoms with van der Waals surface area (Å²) in [6, 6.07) is 3.40. The van der Waals surface area contributed by atoms with Crippen LogP contribution in [0.1, 0.15) is 33.3 Å². The molecule has 0 fully saturated rings. The van der Waals surface area contributed by atoms with Crippen molar-refractivity contribution in [3.8, 4) is 0 Å². The van der Waals surface area contributed by atoms with Gasteiger partial charge in [-0.2, -0.15) is 0 Å². The summed E-state index contributed by atoms with van der Waals surface area (Å²) in [5.41, 5.74) is 1.28. The van der Waals surface area contributed by atoms with Gasteiger partial charge < -0.3 is 10.6 Å². The molecule has 2 N–H and O–H groups in total. The molecule has 6 heteroatoms. The van der Waals surface area contributed by atoms with Crippen molar-refractivity contribution < 1.29 is 4.79 Å². The zero-order valence-electron chi connectivity index (χ0n) is 11.1. The van der Waals surface area contributed by atoms with Crippen LogP contribution in [0, 0.1) is 6.92 Å². The van der Waals surface area contributed by atoms with E-state index in [0.29, 0.717) is 5.69 Å². The molecule has 2 rings (SSSR count). The van der Waals surface area contributed by atoms with Crippen molar-refractivity contribution in [1.82, 2.24) is 15.3 Å². The van der Waals surface area contributed by atoms with Crippen LogP contribution in [-0.4, -0.2) is 22.9 Å². The molecule has 0 saturated carbocycles. The number of aryl methyl sites for hydroxylation is 1. The Labute approximate surface area is 116 Å². The second-order valence-electron chi connectivity index (χ2n) is 4.19. The molecule has 2 heterocycles. The fourth-order valence-corrected chi connectivity index (χ4v) is 2.36. The molecule has 0 aliphatic heterocycles. The van der Waals surface area contributed by atoms with E-state index < -0.39 is 0 Å². The van der Waals surface area contributed by atoms with Gasteiger partial charge in [0.15, 0.2) is 0 Å². The minimum atomic E-state index is -0.192. The van der Waals surface area contributed by atoms with Gasteiger partial charge in [0.25, 0.3) is 5.91 Å². The maximum Gasteiger partial charge on any atom is 0.270 e. The molecule has 0 spiro atoms. The molecule has 1 amide bonds. The molecular weight excluding hydrogens is 260 g/mol. The van der Waals surface area contributed by atoms with Gasteiger partial charge >= 0.3 is 0 Å². The van der Waals surface area contributed by atoms with Crippen molar-refractivity contribution in [2.45, 2.75) is 19.9 Å². The standard InChI is InChI=1S/C13H16N4OS/c1-8-6-16-13(19-8)9(2)17-12(18)11-5-4-10(14-3)7-15-11/h4-7,9,14H,1-3H3,(H,17,18). The number of aromatic nitrogens is 2. The van der Waals surface area contributed by atoms with Crippen LogP contribution in [0.15, 0.2) is 24.5 Å². The summed E-state index contributed by atoms with van der Waals surface area (Å²) in [6.07, 6.45) is 3.44. The fourth-order valence-electron chi connectivity index (χ4n) is 1.58. The number of pyridine rings is 1. The SMILES string of the molecule is CNc1ccc(C(=O)NC(C)c2ncc(C)s2)nc1. The number of nitrogens with one attached hydrogen (secondary N) is 2. The smallest absolute Gasteiger partial charge is 0.270 e. The molecular formula is C13H16N4OS. The third-order valence-electron chi connectivity index (χ3n) is 2.64. The number of anilines is 1. The fraction of sp³-hybridized carbons (Fsp3) is 0.308. The van der Waals surface area contributed by atoms with Gasteiger partial charge in [-0.15, -0.1) is 11.3 Å². The van der Waals surface area contributed by atoms with Crippen molar-refractivity contribution in [3.05, 3.63) is 40.1 Å². The van der Waals surface area contributed by atoms with Gasteiger partial charge in [0.05, 0.1) is 17.9 Å². The molecule has 2 aromatic heterocycles. The Hall–Kier alpha value is -1.95. The molecule has 0 radical (unpaired) electrons. The number of thiazole rings is 1. The van der Waals surface area contributed by atoms with Gasteiger partial charge in [-0.05, 0) is 26.0 Å². The predicted molar refractivity (Wildman–Crippen MR) is 76.5 cm³/mol. The van der Waals surface area contributed by atoms with Crippen molar-refractivity contribution in [3.63, 3.8) is 0 Å². The van der Waals surface area contributed by atoms with Crippen molar-refractivity contribution in [2.24, 2.45) is 0 Å². The lowest BCUT2D eigenvalue weighted by Gasteiger charge is -2.10. The maximum atomic E-state index is 12.0. The van der Waals surface area contributed by atoms with E-state index in [0.717, 1.165) is 15.6 Å². The van der Waals surface area contributed by atoms with Crippen LogP contribution in [0.25, 0.3) is 0 Å². The van der Waals surface area contributed by atoms with Crippen LogP contribution in [0.3, 0.4) is 0 Å². The first kappa shape index (κ1) is 13.5. The molecule has 0 bridgehead atoms. The molecule has 0 saturated heterocycles. The quantitative estimate of drug-likeness (QED) is 0.899. The highest BCUT2D eigenvalue weighted by Crippen LogP contribution is 2.19. The first-order valence-electron chi connectivity index (χ1n) is 5.97. The predicted octanol–water partition coefficient (Wildman–Crippen LogP) is 2.38. The van der Waals surface area contributed by atoms with Crippen molar-refractivity contribution in [1.29, 1.82) is 0 Å². The number of rotatable bonds is 4. The van der Waals surface area contributed by atoms with E-state index in [1.165, 1.54) is 0 Å². The van der Waals surface area contributed by atoms with Crippen molar-refractivity contribution >= 4 is 22.9 Å². The van der Waals surface area contributed by atoms with Gasteiger partial charge in [-0.1, -0.05) is 0 Å². The highest BCUT2D eigenvalue weighted by molar-refractivity contribution is 7.11. The number of hydrogen-bond donors (Lipinski definition) is 2. The Bertz CT molecular complexity index is 564. The highest BCUT2D eigenvalue weighted by Gasteiger charge is 2.14. The Kier molecular flexibility index (Phi) is 4.11. The average Bonchev–Trinajstić information content (AvgIpc) is 2.85. The zero-order valence-corrected chi connectivity index (χ0v) is 11.9. The third kappa shape index (κ3) is 3.29. The molecule has 1 atom stereocenters. The molecule has 2 aromatic rings. The normalized spacial score (nSPS) is 11.9. The Morgan fingerprint density at radius 1 is 1.32 bits per heavy atom. The van der Waals surface area contributed by atoms with Gasteiger partial charge in [0, 0.05) is 18.1 Å². The lowest BCUT2D eigenvalue weighted by molar-refractivity contribution is 0.0935. The van der Waals surface area contributed by atoms with Crippen LogP contribution in [-0.2, 0) is 0 Å².